The van der Waals surface area contributed by atoms with E-state index in [0.29, 0.717) is 0 Å². The Labute approximate surface area is 510 Å². The van der Waals surface area contributed by atoms with Crippen LogP contribution in [0.3, 0.4) is 0 Å². The second-order valence-corrected chi connectivity index (χ2v) is 25.6. The normalized spacial score (nSPS) is 12.9. The van der Waals surface area contributed by atoms with Crippen LogP contribution < -0.4 is 4.90 Å². The van der Waals surface area contributed by atoms with Gasteiger partial charge >= 0.3 is 0 Å². The van der Waals surface area contributed by atoms with E-state index in [2.05, 4.69) is 310 Å². The molecule has 86 heavy (non-hydrogen) atoms. The second kappa shape index (κ2) is 21.0. The summed E-state index contributed by atoms with van der Waals surface area (Å²) in [5.41, 5.74) is 22.8. The van der Waals surface area contributed by atoms with Gasteiger partial charge in [0.1, 0.15) is 0 Å². The van der Waals surface area contributed by atoms with Gasteiger partial charge in [-0.3, -0.25) is 0 Å². The van der Waals surface area contributed by atoms with Crippen molar-refractivity contribution >= 4 is 96.4 Å². The highest BCUT2D eigenvalue weighted by Gasteiger charge is 2.39. The lowest BCUT2D eigenvalue weighted by atomic mass is 9.78. The van der Waals surface area contributed by atoms with Crippen LogP contribution in [0.2, 0.25) is 0 Å². The number of allylic oxidation sites excluding steroid dienone is 1. The molecule has 1 unspecified atom stereocenters. The van der Waals surface area contributed by atoms with E-state index in [-0.39, 0.29) is 11.3 Å². The predicted molar refractivity (Wildman–Crippen MR) is 372 cm³/mol. The van der Waals surface area contributed by atoms with E-state index in [4.69, 9.17) is 6.58 Å². The van der Waals surface area contributed by atoms with Gasteiger partial charge in [0.2, 0.25) is 0 Å². The van der Waals surface area contributed by atoms with E-state index in [1.807, 2.05) is 22.7 Å². The largest absolute Gasteiger partial charge is 0.308 e. The van der Waals surface area contributed by atoms with Crippen molar-refractivity contribution < 1.29 is 0 Å². The van der Waals surface area contributed by atoms with Gasteiger partial charge in [-0.05, 0) is 144 Å². The number of hydrogen-bond acceptors (Lipinski definition) is 3. The van der Waals surface area contributed by atoms with Crippen molar-refractivity contribution in [1.82, 2.24) is 0 Å². The maximum Gasteiger partial charge on any atom is 0.0640 e. The first-order valence-corrected chi connectivity index (χ1v) is 31.5. The molecule has 16 rings (SSSR count). The quantitative estimate of drug-likeness (QED) is 0.118. The Kier molecular flexibility index (Phi) is 12.6. The van der Waals surface area contributed by atoms with Crippen LogP contribution in [-0.4, -0.2) is 0 Å². The number of thiophene rings is 2. The third kappa shape index (κ3) is 8.64. The summed E-state index contributed by atoms with van der Waals surface area (Å²) >= 11 is 3.79. The van der Waals surface area contributed by atoms with Crippen LogP contribution >= 0.6 is 22.7 Å². The van der Waals surface area contributed by atoms with E-state index in [1.54, 1.807) is 0 Å². The van der Waals surface area contributed by atoms with Gasteiger partial charge in [0.15, 0.2) is 0 Å². The second-order valence-electron chi connectivity index (χ2n) is 23.5. The van der Waals surface area contributed by atoms with Crippen molar-refractivity contribution in [3.8, 4) is 55.6 Å². The van der Waals surface area contributed by atoms with Crippen LogP contribution in [0, 0.1) is 0 Å². The summed E-state index contributed by atoms with van der Waals surface area (Å²) < 4.78 is 5.18. The topological polar surface area (TPSA) is 3.24 Å². The smallest absolute Gasteiger partial charge is 0.0640 e. The van der Waals surface area contributed by atoms with Crippen molar-refractivity contribution in [2.24, 2.45) is 0 Å². The Balaban J connectivity index is 0.877. The molecular formula is C83H59NS2. The molecule has 1 aliphatic rings. The minimum absolute atomic E-state index is 0.0357. The molecule has 0 saturated carbocycles. The average Bonchev–Trinajstić information content (AvgIpc) is 1.57. The van der Waals surface area contributed by atoms with Crippen molar-refractivity contribution in [3.05, 3.63) is 326 Å². The van der Waals surface area contributed by atoms with Crippen LogP contribution in [0.15, 0.2) is 298 Å². The summed E-state index contributed by atoms with van der Waals surface area (Å²) in [5, 5.41) is 7.61. The van der Waals surface area contributed by atoms with Gasteiger partial charge in [0.05, 0.1) is 21.8 Å². The molecule has 1 aliphatic carbocycles. The highest BCUT2D eigenvalue weighted by molar-refractivity contribution is 7.26. The summed E-state index contributed by atoms with van der Waals surface area (Å²) in [4.78, 5) is 2.60. The first-order chi connectivity index (χ1) is 42.3. The van der Waals surface area contributed by atoms with Gasteiger partial charge in [-0.15, -0.1) is 22.7 Å². The highest BCUT2D eigenvalue weighted by atomic mass is 32.1. The Bertz CT molecular complexity index is 5130. The molecule has 13 aromatic carbocycles. The third-order valence-corrected chi connectivity index (χ3v) is 20.7. The van der Waals surface area contributed by atoms with Crippen molar-refractivity contribution in [1.29, 1.82) is 0 Å². The van der Waals surface area contributed by atoms with E-state index < -0.39 is 0 Å². The summed E-state index contributed by atoms with van der Waals surface area (Å²) in [6.07, 6.45) is 0.778. The number of benzene rings is 13. The van der Waals surface area contributed by atoms with Crippen LogP contribution in [-0.2, 0) is 11.8 Å². The van der Waals surface area contributed by atoms with Crippen LogP contribution in [0.4, 0.5) is 17.1 Å². The first-order valence-electron chi connectivity index (χ1n) is 29.8. The fraction of sp³-hybridized carbons (Fsp3) is 0.0602. The maximum absolute atomic E-state index is 5.20. The minimum atomic E-state index is -0.386. The molecule has 0 aliphatic heterocycles. The molecular weight excluding hydrogens is 1080 g/mol. The zero-order valence-corrected chi connectivity index (χ0v) is 49.6. The molecule has 0 amide bonds. The standard InChI is InChI=1S/C83H59NS2/c1-53(70(68-37-22-36-66-63-33-18-20-40-78(63)85-81(66)68)50-61-43-42-59(54-24-8-4-9-25-54)48-71(61)56-28-12-6-13-29-56)58-44-46-69-73(51-58)83(2,3)74-52-77(62-32-16-17-35-65(62)80(69)74)84(76-39-23-38-67-64-34-19-21-41-79(64)86-82(67)76)75-47-45-60(55-26-10-5-11-27-55)49-72(75)57-30-14-7-15-31-57/h4-49,51-52,70H,1,50H2,2-3H3. The summed E-state index contributed by atoms with van der Waals surface area (Å²) in [6, 6.07) is 108. The first kappa shape index (κ1) is 51.7. The zero-order chi connectivity index (χ0) is 57.5. The van der Waals surface area contributed by atoms with Crippen molar-refractivity contribution in [2.75, 3.05) is 4.90 Å². The Morgan fingerprint density at radius 2 is 0.884 bits per heavy atom. The van der Waals surface area contributed by atoms with Gasteiger partial charge in [0, 0.05) is 57.9 Å². The fourth-order valence-corrected chi connectivity index (χ4v) is 16.4. The number of anilines is 3. The Hall–Kier alpha value is -9.90. The lowest BCUT2D eigenvalue weighted by Crippen LogP contribution is -2.18. The SMILES string of the molecule is C=C(c1ccc2c(c1)C(C)(C)c1cc(N(c3ccc(-c4ccccc4)cc3-c3ccccc3)c3cccc4c3sc3ccccc34)c3ccccc3c1-2)C(Cc1ccc(-c2ccccc2)cc1-c1ccccc1)c1cccc2c1sc1ccccc12. The van der Waals surface area contributed by atoms with Crippen molar-refractivity contribution in [3.63, 3.8) is 0 Å². The molecule has 0 spiro atoms. The molecule has 0 N–H and O–H groups in total. The van der Waals surface area contributed by atoms with Gasteiger partial charge in [0.25, 0.3) is 0 Å². The van der Waals surface area contributed by atoms with Crippen LogP contribution in [0.25, 0.3) is 112 Å². The number of rotatable bonds is 12. The lowest BCUT2D eigenvalue weighted by molar-refractivity contribution is 0.660. The lowest BCUT2D eigenvalue weighted by Gasteiger charge is -2.32. The summed E-state index contributed by atoms with van der Waals surface area (Å²) in [7, 11) is 0. The number of hydrogen-bond donors (Lipinski definition) is 0. The van der Waals surface area contributed by atoms with Gasteiger partial charge < -0.3 is 4.90 Å². The van der Waals surface area contributed by atoms with E-state index in [9.17, 15) is 0 Å². The van der Waals surface area contributed by atoms with Crippen molar-refractivity contribution in [2.45, 2.75) is 31.6 Å². The Morgan fingerprint density at radius 1 is 0.372 bits per heavy atom. The van der Waals surface area contributed by atoms with Gasteiger partial charge in [-0.2, -0.15) is 0 Å². The molecule has 408 valence electrons. The molecule has 2 aromatic heterocycles. The van der Waals surface area contributed by atoms with E-state index in [0.717, 1.165) is 29.1 Å². The zero-order valence-electron chi connectivity index (χ0n) is 48.0. The predicted octanol–water partition coefficient (Wildman–Crippen LogP) is 24.1. The van der Waals surface area contributed by atoms with Crippen LogP contribution in [0.1, 0.15) is 47.6 Å². The monoisotopic (exact) mass is 1130 g/mol. The molecule has 15 aromatic rings. The van der Waals surface area contributed by atoms with Gasteiger partial charge in [-0.1, -0.05) is 263 Å². The molecule has 0 radical (unpaired) electrons. The molecule has 0 fully saturated rings. The molecule has 1 atom stereocenters. The molecule has 0 saturated heterocycles. The Morgan fingerprint density at radius 3 is 1.53 bits per heavy atom. The molecule has 0 bridgehead atoms. The molecule has 3 heteroatoms. The number of nitrogens with zero attached hydrogens (tertiary/aromatic N) is 1. The highest BCUT2D eigenvalue weighted by Crippen LogP contribution is 2.57. The fourth-order valence-electron chi connectivity index (χ4n) is 14.0. The minimum Gasteiger partial charge on any atom is -0.308 e. The van der Waals surface area contributed by atoms with Gasteiger partial charge in [-0.25, -0.2) is 0 Å². The summed E-state index contributed by atoms with van der Waals surface area (Å²) in [6.45, 7) is 10.1. The van der Waals surface area contributed by atoms with Crippen LogP contribution in [0.5, 0.6) is 0 Å². The van der Waals surface area contributed by atoms with E-state index >= 15 is 0 Å². The number of fused-ring (bicyclic) bond motifs is 11. The molecule has 2 heterocycles. The molecule has 1 nitrogen and oxygen atoms in total. The summed E-state index contributed by atoms with van der Waals surface area (Å²) in [5.74, 6) is -0.0357. The van der Waals surface area contributed by atoms with E-state index in [1.165, 1.54) is 135 Å². The average molecular weight is 1130 g/mol. The third-order valence-electron chi connectivity index (χ3n) is 18.3. The maximum atomic E-state index is 5.20.